The third kappa shape index (κ3) is 4.08. The number of hydrogen-bond acceptors (Lipinski definition) is 5. The molecule has 0 bridgehead atoms. The molecule has 0 spiro atoms. The molecular formula is C11H22N4S. The number of nitrogen functional groups attached to an aromatic ring is 1. The van der Waals surface area contributed by atoms with E-state index in [0.717, 1.165) is 19.6 Å². The van der Waals surface area contributed by atoms with Gasteiger partial charge in [-0.2, -0.15) is 0 Å². The van der Waals surface area contributed by atoms with E-state index in [4.69, 9.17) is 5.73 Å². The van der Waals surface area contributed by atoms with E-state index in [2.05, 4.69) is 42.7 Å². The molecule has 16 heavy (non-hydrogen) atoms. The standard InChI is InChI=1S/C11H22N4S/c1-5-15(9(2)7-14(3)4)8-10-6-13-11(12)16-10/h6,9H,5,7-8H2,1-4H3,(H2,12,13). The van der Waals surface area contributed by atoms with E-state index >= 15 is 0 Å². The predicted octanol–water partition coefficient (Wildman–Crippen LogP) is 1.50. The van der Waals surface area contributed by atoms with Gasteiger partial charge in [-0.15, -0.1) is 11.3 Å². The molecule has 0 aliphatic carbocycles. The van der Waals surface area contributed by atoms with Gasteiger partial charge in [-0.1, -0.05) is 6.92 Å². The number of aromatic nitrogens is 1. The zero-order valence-electron chi connectivity index (χ0n) is 10.6. The average Bonchev–Trinajstić information content (AvgIpc) is 2.59. The number of nitrogens with zero attached hydrogens (tertiary/aromatic N) is 3. The van der Waals surface area contributed by atoms with Crippen LogP contribution < -0.4 is 5.73 Å². The van der Waals surface area contributed by atoms with Crippen molar-refractivity contribution in [3.05, 3.63) is 11.1 Å². The molecule has 0 amide bonds. The first-order valence-electron chi connectivity index (χ1n) is 5.61. The normalized spacial score (nSPS) is 13.6. The second-order valence-electron chi connectivity index (χ2n) is 4.34. The molecule has 1 aromatic heterocycles. The SMILES string of the molecule is CCN(Cc1cnc(N)s1)C(C)CN(C)C. The molecule has 1 atom stereocenters. The fourth-order valence-electron chi connectivity index (χ4n) is 1.82. The molecular weight excluding hydrogens is 220 g/mol. The molecule has 0 aromatic carbocycles. The quantitative estimate of drug-likeness (QED) is 0.821. The molecule has 92 valence electrons. The summed E-state index contributed by atoms with van der Waals surface area (Å²) in [6.07, 6.45) is 1.88. The first-order chi connectivity index (χ1) is 7.52. The minimum absolute atomic E-state index is 0.545. The lowest BCUT2D eigenvalue weighted by Gasteiger charge is -2.29. The van der Waals surface area contributed by atoms with Crippen LogP contribution in [-0.2, 0) is 6.54 Å². The third-order valence-electron chi connectivity index (χ3n) is 2.59. The zero-order chi connectivity index (χ0) is 12.1. The van der Waals surface area contributed by atoms with Gasteiger partial charge in [0.2, 0.25) is 0 Å². The second kappa shape index (κ2) is 6.18. The van der Waals surface area contributed by atoms with Crippen molar-refractivity contribution in [2.45, 2.75) is 26.4 Å². The Kier molecular flexibility index (Phi) is 5.18. The number of likely N-dealkylation sites (N-methyl/N-ethyl adjacent to an activating group) is 2. The minimum atomic E-state index is 0.545. The van der Waals surface area contributed by atoms with Crippen LogP contribution in [0.15, 0.2) is 6.20 Å². The van der Waals surface area contributed by atoms with Gasteiger partial charge >= 0.3 is 0 Å². The lowest BCUT2D eigenvalue weighted by atomic mass is 10.2. The first-order valence-corrected chi connectivity index (χ1v) is 6.43. The summed E-state index contributed by atoms with van der Waals surface area (Å²) in [6.45, 7) is 7.51. The molecule has 1 heterocycles. The predicted molar refractivity (Wildman–Crippen MR) is 70.6 cm³/mol. The van der Waals surface area contributed by atoms with E-state index in [9.17, 15) is 0 Å². The highest BCUT2D eigenvalue weighted by atomic mass is 32.1. The van der Waals surface area contributed by atoms with Crippen molar-refractivity contribution in [3.8, 4) is 0 Å². The molecule has 1 unspecified atom stereocenters. The minimum Gasteiger partial charge on any atom is -0.375 e. The Hall–Kier alpha value is -0.650. The topological polar surface area (TPSA) is 45.4 Å². The molecule has 1 rings (SSSR count). The van der Waals surface area contributed by atoms with Crippen molar-refractivity contribution in [3.63, 3.8) is 0 Å². The molecule has 0 radical (unpaired) electrons. The molecule has 0 saturated carbocycles. The van der Waals surface area contributed by atoms with E-state index in [1.165, 1.54) is 4.88 Å². The summed E-state index contributed by atoms with van der Waals surface area (Å²) in [5, 5.41) is 0.659. The van der Waals surface area contributed by atoms with Crippen molar-refractivity contribution in [2.75, 3.05) is 32.9 Å². The number of hydrogen-bond donors (Lipinski definition) is 1. The van der Waals surface area contributed by atoms with Crippen LogP contribution >= 0.6 is 11.3 Å². The molecule has 4 nitrogen and oxygen atoms in total. The molecule has 2 N–H and O–H groups in total. The van der Waals surface area contributed by atoms with Crippen molar-refractivity contribution < 1.29 is 0 Å². The van der Waals surface area contributed by atoms with Crippen LogP contribution in [0.2, 0.25) is 0 Å². The maximum absolute atomic E-state index is 5.63. The highest BCUT2D eigenvalue weighted by Crippen LogP contribution is 2.17. The van der Waals surface area contributed by atoms with Gasteiger partial charge in [0.15, 0.2) is 5.13 Å². The van der Waals surface area contributed by atoms with Crippen LogP contribution in [0.5, 0.6) is 0 Å². The molecule has 0 aliphatic heterocycles. The lowest BCUT2D eigenvalue weighted by Crippen LogP contribution is -2.39. The molecule has 0 aliphatic rings. The monoisotopic (exact) mass is 242 g/mol. The lowest BCUT2D eigenvalue weighted by molar-refractivity contribution is 0.175. The van der Waals surface area contributed by atoms with Crippen molar-refractivity contribution in [2.24, 2.45) is 0 Å². The summed E-state index contributed by atoms with van der Waals surface area (Å²) < 4.78 is 0. The van der Waals surface area contributed by atoms with Crippen LogP contribution in [-0.4, -0.2) is 48.0 Å². The first kappa shape index (κ1) is 13.4. The van der Waals surface area contributed by atoms with Gasteiger partial charge in [0.25, 0.3) is 0 Å². The van der Waals surface area contributed by atoms with Crippen LogP contribution in [0.1, 0.15) is 18.7 Å². The van der Waals surface area contributed by atoms with E-state index in [0.29, 0.717) is 11.2 Å². The van der Waals surface area contributed by atoms with E-state index in [-0.39, 0.29) is 0 Å². The van der Waals surface area contributed by atoms with Gasteiger partial charge in [-0.3, -0.25) is 4.90 Å². The highest BCUT2D eigenvalue weighted by molar-refractivity contribution is 7.15. The molecule has 1 aromatic rings. The van der Waals surface area contributed by atoms with Crippen molar-refractivity contribution in [1.82, 2.24) is 14.8 Å². The van der Waals surface area contributed by atoms with Crippen LogP contribution in [0.25, 0.3) is 0 Å². The Labute approximate surface area is 102 Å². The Morgan fingerprint density at radius 1 is 1.50 bits per heavy atom. The molecule has 0 saturated heterocycles. The maximum atomic E-state index is 5.63. The van der Waals surface area contributed by atoms with Crippen LogP contribution in [0.3, 0.4) is 0 Å². The number of thiazole rings is 1. The van der Waals surface area contributed by atoms with Crippen LogP contribution in [0.4, 0.5) is 5.13 Å². The Morgan fingerprint density at radius 3 is 2.62 bits per heavy atom. The van der Waals surface area contributed by atoms with Gasteiger partial charge in [0.1, 0.15) is 0 Å². The molecule has 0 fully saturated rings. The van der Waals surface area contributed by atoms with Gasteiger partial charge < -0.3 is 10.6 Å². The largest absolute Gasteiger partial charge is 0.375 e. The Morgan fingerprint density at radius 2 is 2.19 bits per heavy atom. The second-order valence-corrected chi connectivity index (χ2v) is 5.49. The Bertz CT molecular complexity index is 311. The summed E-state index contributed by atoms with van der Waals surface area (Å²) >= 11 is 1.58. The van der Waals surface area contributed by atoms with E-state index in [1.54, 1.807) is 11.3 Å². The third-order valence-corrected chi connectivity index (χ3v) is 3.40. The number of anilines is 1. The smallest absolute Gasteiger partial charge is 0.180 e. The van der Waals surface area contributed by atoms with E-state index in [1.807, 2.05) is 6.20 Å². The highest BCUT2D eigenvalue weighted by Gasteiger charge is 2.14. The fourth-order valence-corrected chi connectivity index (χ4v) is 2.53. The molecule has 5 heteroatoms. The summed E-state index contributed by atoms with van der Waals surface area (Å²) in [7, 11) is 4.21. The fraction of sp³-hybridized carbons (Fsp3) is 0.727. The van der Waals surface area contributed by atoms with Crippen molar-refractivity contribution >= 4 is 16.5 Å². The van der Waals surface area contributed by atoms with Crippen molar-refractivity contribution in [1.29, 1.82) is 0 Å². The average molecular weight is 242 g/mol. The zero-order valence-corrected chi connectivity index (χ0v) is 11.4. The maximum Gasteiger partial charge on any atom is 0.180 e. The number of rotatable bonds is 6. The summed E-state index contributed by atoms with van der Waals surface area (Å²) in [5.74, 6) is 0. The van der Waals surface area contributed by atoms with Gasteiger partial charge in [0.05, 0.1) is 0 Å². The van der Waals surface area contributed by atoms with Crippen LogP contribution in [0, 0.1) is 0 Å². The van der Waals surface area contributed by atoms with Gasteiger partial charge in [0, 0.05) is 30.2 Å². The summed E-state index contributed by atoms with van der Waals surface area (Å²) in [5.41, 5.74) is 5.63. The van der Waals surface area contributed by atoms with Gasteiger partial charge in [-0.25, -0.2) is 4.98 Å². The summed E-state index contributed by atoms with van der Waals surface area (Å²) in [4.78, 5) is 9.98. The Balaban J connectivity index is 2.54. The van der Waals surface area contributed by atoms with Gasteiger partial charge in [-0.05, 0) is 27.6 Å². The van der Waals surface area contributed by atoms with E-state index < -0.39 is 0 Å². The summed E-state index contributed by atoms with van der Waals surface area (Å²) in [6, 6.07) is 0.545. The number of nitrogens with two attached hydrogens (primary N) is 1.